The van der Waals surface area contributed by atoms with Crippen LogP contribution in [0.3, 0.4) is 0 Å². The van der Waals surface area contributed by atoms with Crippen LogP contribution in [-0.2, 0) is 14.8 Å². The maximum absolute atomic E-state index is 12.9. The number of hydrogen-bond acceptors (Lipinski definition) is 10. The molecule has 3 aromatic rings. The molecule has 0 radical (unpaired) electrons. The highest BCUT2D eigenvalue weighted by Gasteiger charge is 2.34. The van der Waals surface area contributed by atoms with Gasteiger partial charge in [-0.1, -0.05) is 16.7 Å². The summed E-state index contributed by atoms with van der Waals surface area (Å²) in [5, 5.41) is 10.5. The van der Waals surface area contributed by atoms with Crippen molar-refractivity contribution in [3.63, 3.8) is 0 Å². The van der Waals surface area contributed by atoms with Crippen molar-refractivity contribution in [3.05, 3.63) is 28.6 Å². The average molecular weight is 543 g/mol. The minimum absolute atomic E-state index is 0.0392. The second kappa shape index (κ2) is 10.4. The fourth-order valence-corrected chi connectivity index (χ4v) is 6.90. The Morgan fingerprint density at radius 1 is 1.17 bits per heavy atom. The number of nitrogens with one attached hydrogen (secondary N) is 1. The standard InChI is InChI=1S/C21H23ClN4O7S2/c1-30-14-9-13(10-15(31-2)18(14)32-3)20-24-25-21(33-20)23-19(27)12-5-4-8-26(11-12)35(28,29)17-7-6-16(22)34-17/h6-7,9-10,12H,4-5,8,11H2,1-3H3,(H,23,25,27). The fourth-order valence-electron chi connectivity index (χ4n) is 3.74. The quantitative estimate of drug-likeness (QED) is 0.453. The highest BCUT2D eigenvalue weighted by Crippen LogP contribution is 2.41. The number of halogens is 1. The molecule has 1 fully saturated rings. The Bertz CT molecular complexity index is 1300. The molecule has 0 aliphatic carbocycles. The molecule has 1 amide bonds. The first-order valence-corrected chi connectivity index (χ1v) is 13.1. The van der Waals surface area contributed by atoms with Gasteiger partial charge in [-0.15, -0.1) is 16.4 Å². The molecule has 35 heavy (non-hydrogen) atoms. The van der Waals surface area contributed by atoms with Crippen LogP contribution in [0.15, 0.2) is 32.9 Å². The third-order valence-corrected chi connectivity index (χ3v) is 9.03. The predicted octanol–water partition coefficient (Wildman–Crippen LogP) is 3.52. The first kappa shape index (κ1) is 25.2. The summed E-state index contributed by atoms with van der Waals surface area (Å²) in [6, 6.07) is 6.18. The third-order valence-electron chi connectivity index (χ3n) is 5.46. The smallest absolute Gasteiger partial charge is 0.322 e. The van der Waals surface area contributed by atoms with Gasteiger partial charge in [-0.2, -0.15) is 4.31 Å². The molecule has 1 N–H and O–H groups in total. The minimum atomic E-state index is -3.73. The average Bonchev–Trinajstić information content (AvgIpc) is 3.52. The molecule has 1 aliphatic heterocycles. The number of sulfonamides is 1. The molecule has 1 saturated heterocycles. The first-order valence-electron chi connectivity index (χ1n) is 10.5. The van der Waals surface area contributed by atoms with E-state index in [2.05, 4.69) is 15.5 Å². The van der Waals surface area contributed by atoms with E-state index < -0.39 is 21.8 Å². The molecule has 1 unspecified atom stereocenters. The van der Waals surface area contributed by atoms with Gasteiger partial charge in [0.15, 0.2) is 11.5 Å². The SMILES string of the molecule is COc1cc(-c2nnc(NC(=O)C3CCCN(S(=O)(=O)c4ccc(Cl)s4)C3)o2)cc(OC)c1OC. The number of amides is 1. The molecule has 1 atom stereocenters. The van der Waals surface area contributed by atoms with Gasteiger partial charge >= 0.3 is 6.01 Å². The number of carbonyl (C=O) groups excluding carboxylic acids is 1. The number of ether oxygens (including phenoxy) is 3. The maximum Gasteiger partial charge on any atom is 0.322 e. The largest absolute Gasteiger partial charge is 0.493 e. The van der Waals surface area contributed by atoms with E-state index in [0.29, 0.717) is 46.5 Å². The number of carbonyl (C=O) groups is 1. The number of hydrogen-bond donors (Lipinski definition) is 1. The van der Waals surface area contributed by atoms with Crippen molar-refractivity contribution in [1.82, 2.24) is 14.5 Å². The zero-order valence-corrected chi connectivity index (χ0v) is 21.5. The van der Waals surface area contributed by atoms with E-state index in [1.165, 1.54) is 37.8 Å². The molecule has 0 spiro atoms. The van der Waals surface area contributed by atoms with Crippen LogP contribution in [0.5, 0.6) is 17.2 Å². The van der Waals surface area contributed by atoms with E-state index in [1.54, 1.807) is 12.1 Å². The predicted molar refractivity (Wildman–Crippen MR) is 129 cm³/mol. The second-order valence-corrected chi connectivity index (χ2v) is 11.5. The van der Waals surface area contributed by atoms with Crippen LogP contribution in [0.1, 0.15) is 12.8 Å². The summed E-state index contributed by atoms with van der Waals surface area (Å²) in [5.74, 6) is 0.359. The van der Waals surface area contributed by atoms with Gasteiger partial charge in [-0.25, -0.2) is 8.42 Å². The van der Waals surface area contributed by atoms with Gasteiger partial charge < -0.3 is 18.6 Å². The molecule has 0 saturated carbocycles. The Morgan fingerprint density at radius 2 is 1.89 bits per heavy atom. The Kier molecular flexibility index (Phi) is 7.50. The van der Waals surface area contributed by atoms with Gasteiger partial charge in [0.25, 0.3) is 10.0 Å². The van der Waals surface area contributed by atoms with Gasteiger partial charge in [-0.3, -0.25) is 10.1 Å². The highest BCUT2D eigenvalue weighted by atomic mass is 35.5. The molecular weight excluding hydrogens is 520 g/mol. The number of rotatable bonds is 8. The molecule has 4 rings (SSSR count). The topological polar surface area (TPSA) is 133 Å². The lowest BCUT2D eigenvalue weighted by Gasteiger charge is -2.30. The lowest BCUT2D eigenvalue weighted by Crippen LogP contribution is -2.43. The van der Waals surface area contributed by atoms with Gasteiger partial charge in [-0.05, 0) is 37.1 Å². The zero-order valence-electron chi connectivity index (χ0n) is 19.1. The van der Waals surface area contributed by atoms with Gasteiger partial charge in [0, 0.05) is 18.7 Å². The van der Waals surface area contributed by atoms with E-state index in [1.807, 2.05) is 0 Å². The number of methoxy groups -OCH3 is 3. The normalized spacial score (nSPS) is 16.6. The van der Waals surface area contributed by atoms with Crippen molar-refractivity contribution >= 4 is 44.9 Å². The summed E-state index contributed by atoms with van der Waals surface area (Å²) in [4.78, 5) is 12.9. The third kappa shape index (κ3) is 5.22. The van der Waals surface area contributed by atoms with Gasteiger partial charge in [0.1, 0.15) is 4.21 Å². The van der Waals surface area contributed by atoms with Crippen molar-refractivity contribution in [2.24, 2.45) is 5.92 Å². The summed E-state index contributed by atoms with van der Waals surface area (Å²) in [5.41, 5.74) is 0.497. The highest BCUT2D eigenvalue weighted by molar-refractivity contribution is 7.91. The number of nitrogens with zero attached hydrogens (tertiary/aromatic N) is 3. The van der Waals surface area contributed by atoms with Crippen LogP contribution < -0.4 is 19.5 Å². The van der Waals surface area contributed by atoms with Crippen LogP contribution in [0.2, 0.25) is 4.34 Å². The molecule has 0 bridgehead atoms. The van der Waals surface area contributed by atoms with Crippen molar-refractivity contribution < 1.29 is 31.8 Å². The molecule has 1 aliphatic rings. The van der Waals surface area contributed by atoms with Crippen LogP contribution in [0.25, 0.3) is 11.5 Å². The Labute approximate surface area is 211 Å². The van der Waals surface area contributed by atoms with Gasteiger partial charge in [0.2, 0.25) is 17.5 Å². The second-order valence-electron chi connectivity index (χ2n) is 7.58. The minimum Gasteiger partial charge on any atom is -0.493 e. The molecule has 14 heteroatoms. The van der Waals surface area contributed by atoms with E-state index in [9.17, 15) is 13.2 Å². The van der Waals surface area contributed by atoms with Crippen molar-refractivity contribution in [3.8, 4) is 28.7 Å². The molecule has 2 aromatic heterocycles. The molecule has 3 heterocycles. The van der Waals surface area contributed by atoms with E-state index in [4.69, 9.17) is 30.2 Å². The molecule has 188 valence electrons. The lowest BCUT2D eigenvalue weighted by atomic mass is 9.99. The van der Waals surface area contributed by atoms with Crippen molar-refractivity contribution in [1.29, 1.82) is 0 Å². The molecule has 11 nitrogen and oxygen atoms in total. The number of anilines is 1. The van der Waals surface area contributed by atoms with E-state index in [-0.39, 0.29) is 22.7 Å². The van der Waals surface area contributed by atoms with E-state index in [0.717, 1.165) is 11.3 Å². The molecular formula is C21H23ClN4O7S2. The fraction of sp³-hybridized carbons (Fsp3) is 0.381. The van der Waals surface area contributed by atoms with Crippen LogP contribution in [0.4, 0.5) is 6.01 Å². The lowest BCUT2D eigenvalue weighted by molar-refractivity contribution is -0.121. The summed E-state index contributed by atoms with van der Waals surface area (Å²) in [6.45, 7) is 0.366. The van der Waals surface area contributed by atoms with Crippen molar-refractivity contribution in [2.75, 3.05) is 39.7 Å². The number of thiophene rings is 1. The number of aromatic nitrogens is 2. The van der Waals surface area contributed by atoms with Gasteiger partial charge in [0.05, 0.1) is 31.6 Å². The number of piperidine rings is 1. The number of benzene rings is 1. The Balaban J connectivity index is 1.47. The summed E-state index contributed by atoms with van der Waals surface area (Å²) >= 11 is 6.88. The summed E-state index contributed by atoms with van der Waals surface area (Å²) < 4.78 is 49.3. The first-order chi connectivity index (χ1) is 16.8. The summed E-state index contributed by atoms with van der Waals surface area (Å²) in [6.07, 6.45) is 1.06. The van der Waals surface area contributed by atoms with E-state index >= 15 is 0 Å². The maximum atomic E-state index is 12.9. The molecule has 1 aromatic carbocycles. The Morgan fingerprint density at radius 3 is 2.49 bits per heavy atom. The monoisotopic (exact) mass is 542 g/mol. The van der Waals surface area contributed by atoms with Crippen LogP contribution in [-0.4, -0.2) is 63.2 Å². The van der Waals surface area contributed by atoms with Crippen molar-refractivity contribution in [2.45, 2.75) is 17.1 Å². The Hall–Kier alpha value is -2.87. The van der Waals surface area contributed by atoms with Crippen LogP contribution in [0, 0.1) is 5.92 Å². The zero-order chi connectivity index (χ0) is 25.2. The summed E-state index contributed by atoms with van der Waals surface area (Å²) in [7, 11) is 0.739. The van der Waals surface area contributed by atoms with Crippen LogP contribution >= 0.6 is 22.9 Å².